The van der Waals surface area contributed by atoms with Crippen LogP contribution in [0.5, 0.6) is 0 Å². The number of pyridine rings is 1. The van der Waals surface area contributed by atoms with Crippen LogP contribution < -0.4 is 10.6 Å². The first-order valence-electron chi connectivity index (χ1n) is 5.90. The number of aromatic nitrogens is 1. The predicted octanol–water partition coefficient (Wildman–Crippen LogP) is 0.717. The zero-order chi connectivity index (χ0) is 12.3. The number of nitrogens with one attached hydrogen (secondary N) is 1. The first-order valence-corrected chi connectivity index (χ1v) is 5.90. The van der Waals surface area contributed by atoms with Crippen molar-refractivity contribution in [1.82, 2.24) is 4.98 Å². The van der Waals surface area contributed by atoms with Crippen molar-refractivity contribution in [3.05, 3.63) is 23.9 Å². The van der Waals surface area contributed by atoms with Crippen LogP contribution in [0.4, 0.5) is 5.82 Å². The lowest BCUT2D eigenvalue weighted by molar-refractivity contribution is 0.283. The standard InChI is InChI=1S/C12H18N4O/c13-12(14)9-4-5-11(15-8-9)16(6-7-17)10-2-1-3-10/h4-5,8,10,17H,1-3,6-7H2,(H3,13,14). The maximum atomic E-state index is 9.09. The molecule has 0 spiro atoms. The van der Waals surface area contributed by atoms with Gasteiger partial charge in [-0.15, -0.1) is 0 Å². The maximum Gasteiger partial charge on any atom is 0.128 e. The van der Waals surface area contributed by atoms with Gasteiger partial charge in [-0.2, -0.15) is 0 Å². The summed E-state index contributed by atoms with van der Waals surface area (Å²) in [6.45, 7) is 0.740. The molecule has 2 rings (SSSR count). The summed E-state index contributed by atoms with van der Waals surface area (Å²) >= 11 is 0. The number of amidine groups is 1. The monoisotopic (exact) mass is 234 g/mol. The van der Waals surface area contributed by atoms with Crippen LogP contribution in [0.25, 0.3) is 0 Å². The molecule has 0 unspecified atom stereocenters. The summed E-state index contributed by atoms with van der Waals surface area (Å²) in [7, 11) is 0. The van der Waals surface area contributed by atoms with E-state index in [4.69, 9.17) is 16.2 Å². The summed E-state index contributed by atoms with van der Waals surface area (Å²) in [6, 6.07) is 4.16. The SMILES string of the molecule is N=C(N)c1ccc(N(CCO)C2CCC2)nc1. The highest BCUT2D eigenvalue weighted by molar-refractivity contribution is 5.94. The Morgan fingerprint density at radius 3 is 2.71 bits per heavy atom. The van der Waals surface area contributed by atoms with Crippen LogP contribution in [0.15, 0.2) is 18.3 Å². The van der Waals surface area contributed by atoms with E-state index in [9.17, 15) is 0 Å². The fourth-order valence-corrected chi connectivity index (χ4v) is 2.01. The molecule has 1 aliphatic carbocycles. The molecule has 1 aromatic heterocycles. The van der Waals surface area contributed by atoms with Crippen LogP contribution in [0.3, 0.4) is 0 Å². The van der Waals surface area contributed by atoms with Gasteiger partial charge in [-0.25, -0.2) is 4.98 Å². The summed E-state index contributed by atoms with van der Waals surface area (Å²) in [5, 5.41) is 16.4. The van der Waals surface area contributed by atoms with Crippen molar-refractivity contribution in [3.8, 4) is 0 Å². The zero-order valence-electron chi connectivity index (χ0n) is 9.76. The fourth-order valence-electron chi connectivity index (χ4n) is 2.01. The molecule has 1 saturated carbocycles. The second-order valence-electron chi connectivity index (χ2n) is 4.32. The van der Waals surface area contributed by atoms with Crippen molar-refractivity contribution < 1.29 is 5.11 Å². The molecule has 0 amide bonds. The lowest BCUT2D eigenvalue weighted by Crippen LogP contribution is -2.42. The van der Waals surface area contributed by atoms with Gasteiger partial charge in [0.05, 0.1) is 6.61 Å². The van der Waals surface area contributed by atoms with E-state index in [1.165, 1.54) is 6.42 Å². The van der Waals surface area contributed by atoms with Gasteiger partial charge in [0, 0.05) is 24.3 Å². The maximum absolute atomic E-state index is 9.09. The molecule has 92 valence electrons. The molecule has 1 heterocycles. The normalized spacial score (nSPS) is 15.4. The summed E-state index contributed by atoms with van der Waals surface area (Å²) in [5.74, 6) is 0.884. The van der Waals surface area contributed by atoms with Crippen LogP contribution in [-0.4, -0.2) is 35.1 Å². The minimum Gasteiger partial charge on any atom is -0.395 e. The molecule has 0 atom stereocenters. The molecule has 0 aliphatic heterocycles. The number of aliphatic hydroxyl groups excluding tert-OH is 1. The predicted molar refractivity (Wildman–Crippen MR) is 67.3 cm³/mol. The van der Waals surface area contributed by atoms with Gasteiger partial charge in [0.15, 0.2) is 0 Å². The Morgan fingerprint density at radius 2 is 2.29 bits per heavy atom. The molecule has 1 aliphatic rings. The number of hydrogen-bond donors (Lipinski definition) is 3. The lowest BCUT2D eigenvalue weighted by atomic mass is 9.91. The highest BCUT2D eigenvalue weighted by Crippen LogP contribution is 2.28. The molecule has 17 heavy (non-hydrogen) atoms. The number of rotatable bonds is 5. The van der Waals surface area contributed by atoms with Crippen molar-refractivity contribution in [3.63, 3.8) is 0 Å². The number of anilines is 1. The average molecular weight is 234 g/mol. The Bertz CT molecular complexity index is 386. The van der Waals surface area contributed by atoms with E-state index in [2.05, 4.69) is 9.88 Å². The fraction of sp³-hybridized carbons (Fsp3) is 0.500. The molecule has 1 fully saturated rings. The molecule has 0 radical (unpaired) electrons. The van der Waals surface area contributed by atoms with Gasteiger partial charge in [-0.1, -0.05) is 0 Å². The van der Waals surface area contributed by atoms with Crippen molar-refractivity contribution in [2.24, 2.45) is 5.73 Å². The third-order valence-corrected chi connectivity index (χ3v) is 3.21. The number of nitrogen functional groups attached to an aromatic ring is 1. The Hall–Kier alpha value is -1.62. The number of nitrogens with zero attached hydrogens (tertiary/aromatic N) is 2. The topological polar surface area (TPSA) is 86.2 Å². The number of aliphatic hydroxyl groups is 1. The largest absolute Gasteiger partial charge is 0.395 e. The second-order valence-corrected chi connectivity index (χ2v) is 4.32. The molecular formula is C12H18N4O. The van der Waals surface area contributed by atoms with E-state index < -0.39 is 0 Å². The minimum absolute atomic E-state index is 0.0291. The van der Waals surface area contributed by atoms with Crippen molar-refractivity contribution in [1.29, 1.82) is 5.41 Å². The Balaban J connectivity index is 2.14. The number of hydrogen-bond acceptors (Lipinski definition) is 4. The Kier molecular flexibility index (Phi) is 3.58. The summed E-state index contributed by atoms with van der Waals surface area (Å²) in [4.78, 5) is 6.45. The van der Waals surface area contributed by atoms with E-state index in [-0.39, 0.29) is 12.4 Å². The van der Waals surface area contributed by atoms with Gasteiger partial charge in [-0.05, 0) is 31.4 Å². The van der Waals surface area contributed by atoms with E-state index in [1.807, 2.05) is 6.07 Å². The molecule has 5 heteroatoms. The molecule has 0 saturated heterocycles. The van der Waals surface area contributed by atoms with E-state index in [1.54, 1.807) is 12.3 Å². The van der Waals surface area contributed by atoms with Gasteiger partial charge in [0.2, 0.25) is 0 Å². The van der Waals surface area contributed by atoms with Crippen LogP contribution in [0, 0.1) is 5.41 Å². The van der Waals surface area contributed by atoms with Crippen LogP contribution in [-0.2, 0) is 0 Å². The molecule has 5 nitrogen and oxygen atoms in total. The summed E-state index contributed by atoms with van der Waals surface area (Å²) in [5.41, 5.74) is 6.02. The summed E-state index contributed by atoms with van der Waals surface area (Å²) < 4.78 is 0. The summed E-state index contributed by atoms with van der Waals surface area (Å²) in [6.07, 6.45) is 5.19. The first-order chi connectivity index (χ1) is 8.22. The highest BCUT2D eigenvalue weighted by atomic mass is 16.3. The molecule has 0 aromatic carbocycles. The zero-order valence-corrected chi connectivity index (χ0v) is 9.76. The third kappa shape index (κ3) is 2.55. The van der Waals surface area contributed by atoms with Gasteiger partial charge in [-0.3, -0.25) is 5.41 Å². The Labute approximate surface area is 101 Å². The van der Waals surface area contributed by atoms with E-state index in [0.29, 0.717) is 18.2 Å². The molecule has 1 aromatic rings. The van der Waals surface area contributed by atoms with Gasteiger partial charge in [0.1, 0.15) is 11.7 Å². The van der Waals surface area contributed by atoms with Crippen molar-refractivity contribution in [2.45, 2.75) is 25.3 Å². The molecule has 0 bridgehead atoms. The third-order valence-electron chi connectivity index (χ3n) is 3.21. The van der Waals surface area contributed by atoms with Gasteiger partial charge >= 0.3 is 0 Å². The first kappa shape index (κ1) is 11.9. The second kappa shape index (κ2) is 5.14. The van der Waals surface area contributed by atoms with Crippen molar-refractivity contribution >= 4 is 11.7 Å². The van der Waals surface area contributed by atoms with Crippen LogP contribution in [0.1, 0.15) is 24.8 Å². The number of nitrogens with two attached hydrogens (primary N) is 1. The smallest absolute Gasteiger partial charge is 0.128 e. The quantitative estimate of drug-likeness (QED) is 0.517. The molecule has 4 N–H and O–H groups in total. The van der Waals surface area contributed by atoms with Crippen molar-refractivity contribution in [2.75, 3.05) is 18.1 Å². The van der Waals surface area contributed by atoms with Gasteiger partial charge < -0.3 is 15.7 Å². The van der Waals surface area contributed by atoms with E-state index in [0.717, 1.165) is 18.7 Å². The minimum atomic E-state index is 0.0291. The Morgan fingerprint density at radius 1 is 1.53 bits per heavy atom. The average Bonchev–Trinajstić information content (AvgIpc) is 2.26. The molecular weight excluding hydrogens is 216 g/mol. The highest BCUT2D eigenvalue weighted by Gasteiger charge is 2.25. The van der Waals surface area contributed by atoms with Crippen LogP contribution >= 0.6 is 0 Å². The van der Waals surface area contributed by atoms with Crippen LogP contribution in [0.2, 0.25) is 0 Å². The van der Waals surface area contributed by atoms with E-state index >= 15 is 0 Å². The lowest BCUT2D eigenvalue weighted by Gasteiger charge is -2.38. The van der Waals surface area contributed by atoms with Gasteiger partial charge in [0.25, 0.3) is 0 Å².